The summed E-state index contributed by atoms with van der Waals surface area (Å²) >= 11 is 0. The van der Waals surface area contributed by atoms with Gasteiger partial charge in [-0.3, -0.25) is 4.79 Å². The lowest BCUT2D eigenvalue weighted by Gasteiger charge is -2.18. The van der Waals surface area contributed by atoms with E-state index >= 15 is 0 Å². The molecule has 0 spiro atoms. The number of unbranched alkanes of at least 4 members (excludes halogenated alkanes) is 14. The number of carbonyl (C=O) groups is 1. The van der Waals surface area contributed by atoms with Gasteiger partial charge in [0.2, 0.25) is 0 Å². The van der Waals surface area contributed by atoms with Crippen molar-refractivity contribution < 1.29 is 29.2 Å². The predicted molar refractivity (Wildman–Crippen MR) is 125 cm³/mol. The summed E-state index contributed by atoms with van der Waals surface area (Å²) < 4.78 is 15.7. The topological polar surface area (TPSA) is 85.2 Å². The fourth-order valence-corrected chi connectivity index (χ4v) is 3.58. The number of hydrogen-bond acceptors (Lipinski definition) is 6. The van der Waals surface area contributed by atoms with Gasteiger partial charge in [-0.25, -0.2) is 0 Å². The molecule has 0 aliphatic rings. The first-order valence-corrected chi connectivity index (χ1v) is 12.7. The number of aliphatic hydroxyl groups is 2. The molecule has 0 radical (unpaired) electrons. The number of esters is 1. The van der Waals surface area contributed by atoms with E-state index in [4.69, 9.17) is 19.3 Å². The molecule has 0 saturated heterocycles. The lowest BCUT2D eigenvalue weighted by molar-refractivity contribution is -0.156. The van der Waals surface area contributed by atoms with Gasteiger partial charge in [-0.1, -0.05) is 96.8 Å². The van der Waals surface area contributed by atoms with Gasteiger partial charge >= 0.3 is 5.97 Å². The lowest BCUT2D eigenvalue weighted by Crippen LogP contribution is -2.30. The van der Waals surface area contributed by atoms with Crippen LogP contribution in [0.25, 0.3) is 0 Å². The van der Waals surface area contributed by atoms with Crippen LogP contribution in [0.2, 0.25) is 0 Å². The summed E-state index contributed by atoms with van der Waals surface area (Å²) in [6.45, 7) is 2.32. The molecule has 2 N–H and O–H groups in total. The zero-order valence-electron chi connectivity index (χ0n) is 20.3. The van der Waals surface area contributed by atoms with Gasteiger partial charge in [-0.2, -0.15) is 0 Å². The Bertz CT molecular complexity index is 377. The molecule has 31 heavy (non-hydrogen) atoms. The van der Waals surface area contributed by atoms with Crippen molar-refractivity contribution in [2.45, 2.75) is 122 Å². The quantitative estimate of drug-likeness (QED) is 0.157. The largest absolute Gasteiger partial charge is 0.457 e. The number of rotatable bonds is 24. The van der Waals surface area contributed by atoms with E-state index in [-0.39, 0.29) is 32.4 Å². The number of methoxy groups -OCH3 is 1. The van der Waals surface area contributed by atoms with Crippen molar-refractivity contribution in [3.8, 4) is 0 Å². The monoisotopic (exact) mass is 446 g/mol. The highest BCUT2D eigenvalue weighted by molar-refractivity contribution is 5.69. The molecule has 0 bridgehead atoms. The number of hydrogen-bond donors (Lipinski definition) is 2. The summed E-state index contributed by atoms with van der Waals surface area (Å²) in [5.41, 5.74) is 0. The van der Waals surface area contributed by atoms with Gasteiger partial charge in [0.15, 0.2) is 0 Å². The van der Waals surface area contributed by atoms with Crippen LogP contribution in [0.3, 0.4) is 0 Å². The average molecular weight is 447 g/mol. The highest BCUT2D eigenvalue weighted by Gasteiger charge is 2.15. The van der Waals surface area contributed by atoms with Crippen LogP contribution in [0.4, 0.5) is 0 Å². The molecule has 2 unspecified atom stereocenters. The normalized spacial score (nSPS) is 13.3. The fraction of sp³-hybridized carbons (Fsp3) is 0.960. The SMILES string of the molecule is CCCCCCCCCCCCCCCCCC(=O)OC(COC)COCC(O)CO. The lowest BCUT2D eigenvalue weighted by atomic mass is 10.0. The van der Waals surface area contributed by atoms with Gasteiger partial charge in [-0.05, 0) is 6.42 Å². The van der Waals surface area contributed by atoms with E-state index in [2.05, 4.69) is 6.92 Å². The van der Waals surface area contributed by atoms with Crippen molar-refractivity contribution in [2.24, 2.45) is 0 Å². The van der Waals surface area contributed by atoms with Crippen molar-refractivity contribution in [1.29, 1.82) is 0 Å². The molecule has 0 aliphatic carbocycles. The summed E-state index contributed by atoms with van der Waals surface area (Å²) in [4.78, 5) is 12.0. The van der Waals surface area contributed by atoms with Gasteiger partial charge < -0.3 is 24.4 Å². The molecular formula is C25H50O6. The van der Waals surface area contributed by atoms with E-state index in [9.17, 15) is 9.90 Å². The summed E-state index contributed by atoms with van der Waals surface area (Å²) in [7, 11) is 1.54. The van der Waals surface area contributed by atoms with Crippen LogP contribution in [0.15, 0.2) is 0 Å². The van der Waals surface area contributed by atoms with Crippen LogP contribution in [0.5, 0.6) is 0 Å². The average Bonchev–Trinajstić information content (AvgIpc) is 2.76. The third-order valence-electron chi connectivity index (χ3n) is 5.46. The third kappa shape index (κ3) is 22.3. The standard InChI is InChI=1S/C25H50O6/c1-3-4-5-6-7-8-9-10-11-12-13-14-15-16-17-18-25(28)31-24(21-29-2)22-30-20-23(27)19-26/h23-24,26-27H,3-22H2,1-2H3. The molecule has 0 aliphatic heterocycles. The third-order valence-corrected chi connectivity index (χ3v) is 5.46. The first kappa shape index (κ1) is 30.3. The van der Waals surface area contributed by atoms with Crippen molar-refractivity contribution in [3.05, 3.63) is 0 Å². The zero-order valence-corrected chi connectivity index (χ0v) is 20.3. The Labute approximate surface area is 191 Å². The van der Waals surface area contributed by atoms with E-state index in [0.29, 0.717) is 6.42 Å². The fourth-order valence-electron chi connectivity index (χ4n) is 3.58. The Kier molecular flexibility index (Phi) is 23.4. The van der Waals surface area contributed by atoms with Crippen molar-refractivity contribution in [1.82, 2.24) is 0 Å². The van der Waals surface area contributed by atoms with E-state index < -0.39 is 12.2 Å². The number of carbonyl (C=O) groups excluding carboxylic acids is 1. The van der Waals surface area contributed by atoms with Crippen molar-refractivity contribution in [3.63, 3.8) is 0 Å². The Hall–Kier alpha value is -0.690. The highest BCUT2D eigenvalue weighted by Crippen LogP contribution is 2.14. The molecule has 0 saturated carbocycles. The maximum absolute atomic E-state index is 12.0. The van der Waals surface area contributed by atoms with Crippen LogP contribution in [-0.4, -0.2) is 61.9 Å². The van der Waals surface area contributed by atoms with Gasteiger partial charge in [0.1, 0.15) is 12.2 Å². The summed E-state index contributed by atoms with van der Waals surface area (Å²) in [6, 6.07) is 0. The smallest absolute Gasteiger partial charge is 0.306 e. The first-order valence-electron chi connectivity index (χ1n) is 12.7. The molecule has 0 heterocycles. The second-order valence-electron chi connectivity index (χ2n) is 8.64. The van der Waals surface area contributed by atoms with Crippen LogP contribution < -0.4 is 0 Å². The summed E-state index contributed by atoms with van der Waals surface area (Å²) in [5.74, 6) is -0.233. The molecular weight excluding hydrogens is 396 g/mol. The minimum Gasteiger partial charge on any atom is -0.457 e. The Morgan fingerprint density at radius 1 is 0.742 bits per heavy atom. The minimum atomic E-state index is -0.917. The van der Waals surface area contributed by atoms with E-state index in [0.717, 1.165) is 12.8 Å². The molecule has 6 heteroatoms. The van der Waals surface area contributed by atoms with E-state index in [1.54, 1.807) is 0 Å². The van der Waals surface area contributed by atoms with Gasteiger partial charge in [0.25, 0.3) is 0 Å². The second kappa shape index (κ2) is 24.0. The minimum absolute atomic E-state index is 0.00725. The van der Waals surface area contributed by atoms with Crippen molar-refractivity contribution >= 4 is 5.97 Å². The van der Waals surface area contributed by atoms with Crippen LogP contribution >= 0.6 is 0 Å². The van der Waals surface area contributed by atoms with E-state index in [1.165, 1.54) is 90.6 Å². The Morgan fingerprint density at radius 3 is 1.68 bits per heavy atom. The number of aliphatic hydroxyl groups excluding tert-OH is 2. The van der Waals surface area contributed by atoms with Crippen LogP contribution in [0.1, 0.15) is 110 Å². The highest BCUT2D eigenvalue weighted by atomic mass is 16.6. The molecule has 6 nitrogen and oxygen atoms in total. The van der Waals surface area contributed by atoms with E-state index in [1.807, 2.05) is 0 Å². The molecule has 0 rings (SSSR count). The maximum Gasteiger partial charge on any atom is 0.306 e. The zero-order chi connectivity index (χ0) is 23.0. The predicted octanol–water partition coefficient (Wildman–Crippen LogP) is 5.18. The molecule has 0 aromatic heterocycles. The molecule has 0 amide bonds. The molecule has 0 aromatic rings. The van der Waals surface area contributed by atoms with Crippen molar-refractivity contribution in [2.75, 3.05) is 33.5 Å². The first-order chi connectivity index (χ1) is 15.1. The molecule has 2 atom stereocenters. The van der Waals surface area contributed by atoms with Crippen LogP contribution in [-0.2, 0) is 19.0 Å². The molecule has 0 fully saturated rings. The number of ether oxygens (including phenoxy) is 3. The molecule has 0 aromatic carbocycles. The van der Waals surface area contributed by atoms with Gasteiger partial charge in [-0.15, -0.1) is 0 Å². The Morgan fingerprint density at radius 2 is 1.23 bits per heavy atom. The van der Waals surface area contributed by atoms with Crippen LogP contribution in [0, 0.1) is 0 Å². The van der Waals surface area contributed by atoms with Gasteiger partial charge in [0.05, 0.1) is 26.4 Å². The molecule has 186 valence electrons. The maximum atomic E-state index is 12.0. The summed E-state index contributed by atoms with van der Waals surface area (Å²) in [6.07, 6.45) is 18.5. The second-order valence-corrected chi connectivity index (χ2v) is 8.64. The summed E-state index contributed by atoms with van der Waals surface area (Å²) in [5, 5.41) is 18.0. The Balaban J connectivity index is 3.49. The van der Waals surface area contributed by atoms with Gasteiger partial charge in [0, 0.05) is 13.5 Å².